The Bertz CT molecular complexity index is 1570. The smallest absolute Gasteiger partial charge is 0.255 e. The Balaban J connectivity index is 1.53. The number of rotatable bonds is 8. The number of nitrogens with one attached hydrogen (secondary N) is 2. The lowest BCUT2D eigenvalue weighted by molar-refractivity contribution is -0.113. The second-order valence-corrected chi connectivity index (χ2v) is 9.92. The summed E-state index contributed by atoms with van der Waals surface area (Å²) in [5.74, 6) is 1.74. The molecular weight excluding hydrogens is 586 g/mol. The summed E-state index contributed by atoms with van der Waals surface area (Å²) < 4.78 is 19.6. The number of nitrogens with zero attached hydrogens (tertiary/aromatic N) is 3. The number of anilines is 2. The maximum Gasteiger partial charge on any atom is 0.255 e. The number of allylic oxidation sites excluding steroid dienone is 1. The van der Waals surface area contributed by atoms with Crippen LogP contribution in [-0.2, 0) is 11.4 Å². The normalized spacial score (nSPS) is 14.3. The summed E-state index contributed by atoms with van der Waals surface area (Å²) >= 11 is 9.95. The van der Waals surface area contributed by atoms with Crippen molar-refractivity contribution in [2.75, 3.05) is 24.9 Å². The van der Waals surface area contributed by atoms with Crippen molar-refractivity contribution in [1.29, 1.82) is 0 Å². The zero-order valence-electron chi connectivity index (χ0n) is 21.4. The van der Waals surface area contributed by atoms with Crippen molar-refractivity contribution in [3.63, 3.8) is 0 Å². The molecule has 1 aliphatic heterocycles. The first kappa shape index (κ1) is 26.6. The number of carbonyl (C=O) groups excluding carboxylic acids is 1. The van der Waals surface area contributed by atoms with Crippen LogP contribution in [0, 0.1) is 0 Å². The highest BCUT2D eigenvalue weighted by atomic mass is 79.9. The van der Waals surface area contributed by atoms with E-state index < -0.39 is 6.04 Å². The van der Waals surface area contributed by atoms with Crippen molar-refractivity contribution in [2.45, 2.75) is 19.6 Å². The molecule has 0 bridgehead atoms. The van der Waals surface area contributed by atoms with Crippen LogP contribution >= 0.6 is 27.5 Å². The molecule has 1 atom stereocenters. The first-order valence-electron chi connectivity index (χ1n) is 12.0. The fourth-order valence-electron chi connectivity index (χ4n) is 4.43. The molecule has 1 aromatic heterocycles. The third-order valence-electron chi connectivity index (χ3n) is 6.29. The number of aromatic nitrogens is 3. The van der Waals surface area contributed by atoms with Gasteiger partial charge < -0.3 is 24.8 Å². The van der Waals surface area contributed by atoms with Gasteiger partial charge in [0.15, 0.2) is 11.5 Å². The van der Waals surface area contributed by atoms with E-state index in [1.807, 2.05) is 55.5 Å². The summed E-state index contributed by atoms with van der Waals surface area (Å²) in [6.07, 6.45) is 1.44. The molecular formula is C28H25BrClN5O4. The van der Waals surface area contributed by atoms with Crippen molar-refractivity contribution in [3.8, 4) is 17.2 Å². The summed E-state index contributed by atoms with van der Waals surface area (Å²) in [5.41, 5.74) is 3.23. The van der Waals surface area contributed by atoms with E-state index in [-0.39, 0.29) is 12.5 Å². The molecule has 0 unspecified atom stereocenters. The van der Waals surface area contributed by atoms with Gasteiger partial charge in [-0.1, -0.05) is 41.9 Å². The minimum absolute atomic E-state index is 0.250. The maximum absolute atomic E-state index is 13.8. The summed E-state index contributed by atoms with van der Waals surface area (Å²) in [7, 11) is 3.12. The van der Waals surface area contributed by atoms with Gasteiger partial charge in [0, 0.05) is 16.3 Å². The molecule has 11 heteroatoms. The van der Waals surface area contributed by atoms with Gasteiger partial charge in [-0.05, 0) is 58.7 Å². The van der Waals surface area contributed by atoms with Gasteiger partial charge in [-0.15, -0.1) is 0 Å². The van der Waals surface area contributed by atoms with Crippen molar-refractivity contribution in [1.82, 2.24) is 14.8 Å². The first-order valence-corrected chi connectivity index (χ1v) is 13.1. The van der Waals surface area contributed by atoms with E-state index in [1.54, 1.807) is 31.0 Å². The fourth-order valence-corrected chi connectivity index (χ4v) is 5.20. The zero-order chi connectivity index (χ0) is 27.5. The topological polar surface area (TPSA) is 99.5 Å². The number of hydrogen-bond acceptors (Lipinski definition) is 7. The molecule has 0 fully saturated rings. The number of amides is 1. The molecule has 1 amide bonds. The van der Waals surface area contributed by atoms with Gasteiger partial charge in [0.25, 0.3) is 5.91 Å². The highest BCUT2D eigenvalue weighted by Gasteiger charge is 2.35. The summed E-state index contributed by atoms with van der Waals surface area (Å²) in [4.78, 5) is 18.1. The second-order valence-electron chi connectivity index (χ2n) is 8.66. The third kappa shape index (κ3) is 5.30. The van der Waals surface area contributed by atoms with E-state index in [4.69, 9.17) is 25.8 Å². The van der Waals surface area contributed by atoms with Crippen LogP contribution in [0.2, 0.25) is 5.02 Å². The number of benzene rings is 3. The summed E-state index contributed by atoms with van der Waals surface area (Å²) in [6, 6.07) is 17.8. The molecule has 0 aliphatic carbocycles. The van der Waals surface area contributed by atoms with Gasteiger partial charge in [0.2, 0.25) is 5.95 Å². The van der Waals surface area contributed by atoms with E-state index in [0.29, 0.717) is 49.6 Å². The Morgan fingerprint density at radius 3 is 2.62 bits per heavy atom. The van der Waals surface area contributed by atoms with Gasteiger partial charge in [-0.25, -0.2) is 4.68 Å². The third-order valence-corrected chi connectivity index (χ3v) is 7.25. The number of methoxy groups -OCH3 is 2. The molecule has 0 radical (unpaired) electrons. The van der Waals surface area contributed by atoms with E-state index in [1.165, 1.54) is 6.33 Å². The molecule has 5 rings (SSSR count). The number of para-hydroxylation sites is 2. The average Bonchev–Trinajstić information content (AvgIpc) is 3.40. The van der Waals surface area contributed by atoms with E-state index in [2.05, 4.69) is 36.6 Å². The van der Waals surface area contributed by atoms with Crippen molar-refractivity contribution in [2.24, 2.45) is 0 Å². The Kier molecular flexibility index (Phi) is 7.76. The number of halogens is 2. The monoisotopic (exact) mass is 609 g/mol. The largest absolute Gasteiger partial charge is 0.495 e. The molecule has 1 aliphatic rings. The van der Waals surface area contributed by atoms with Crippen LogP contribution in [0.3, 0.4) is 0 Å². The quantitative estimate of drug-likeness (QED) is 0.244. The first-order chi connectivity index (χ1) is 18.9. The van der Waals surface area contributed by atoms with E-state index in [9.17, 15) is 4.79 Å². The van der Waals surface area contributed by atoms with Crippen LogP contribution in [0.25, 0.3) is 0 Å². The number of ether oxygens (including phenoxy) is 3. The molecule has 0 saturated carbocycles. The molecule has 2 N–H and O–H groups in total. The van der Waals surface area contributed by atoms with Gasteiger partial charge in [0.05, 0.1) is 30.0 Å². The summed E-state index contributed by atoms with van der Waals surface area (Å²) in [5, 5.41) is 11.2. The van der Waals surface area contributed by atoms with Gasteiger partial charge in [-0.2, -0.15) is 10.1 Å². The van der Waals surface area contributed by atoms with Crippen LogP contribution < -0.4 is 24.8 Å². The highest BCUT2D eigenvalue weighted by molar-refractivity contribution is 9.10. The molecule has 3 aromatic carbocycles. The maximum atomic E-state index is 13.8. The van der Waals surface area contributed by atoms with Crippen molar-refractivity contribution in [3.05, 3.63) is 98.9 Å². The minimum Gasteiger partial charge on any atom is -0.495 e. The Labute approximate surface area is 238 Å². The van der Waals surface area contributed by atoms with Crippen LogP contribution in [0.5, 0.6) is 17.2 Å². The molecule has 4 aromatic rings. The second kappa shape index (κ2) is 11.4. The molecule has 200 valence electrons. The SMILES string of the molecule is COc1ccccc1NC(=O)C1=C(C)Nc2ncnn2[C@H]1c1cc(Br)c(OCc2ccccc2Cl)c(OC)c1. The average molecular weight is 611 g/mol. The van der Waals surface area contributed by atoms with Crippen molar-refractivity contribution >= 4 is 45.1 Å². The lowest BCUT2D eigenvalue weighted by atomic mass is 9.94. The Morgan fingerprint density at radius 1 is 1.10 bits per heavy atom. The van der Waals surface area contributed by atoms with Crippen LogP contribution in [-0.4, -0.2) is 34.9 Å². The van der Waals surface area contributed by atoms with E-state index >= 15 is 0 Å². The van der Waals surface area contributed by atoms with Crippen LogP contribution in [0.4, 0.5) is 11.6 Å². The number of carbonyl (C=O) groups is 1. The standard InChI is InChI=1S/C28H25BrClN5O4/c1-16-24(27(36)34-21-10-6-7-11-22(21)37-2)25(35-28(33-16)31-15-32-35)18-12-19(29)26(23(13-18)38-3)39-14-17-8-4-5-9-20(17)30/h4-13,15,25H,14H2,1-3H3,(H,34,36)(H,31,32,33)/t25-/m0/s1. The van der Waals surface area contributed by atoms with Crippen LogP contribution in [0.15, 0.2) is 82.7 Å². The summed E-state index contributed by atoms with van der Waals surface area (Å²) in [6.45, 7) is 2.08. The minimum atomic E-state index is -0.610. The molecule has 39 heavy (non-hydrogen) atoms. The number of fused-ring (bicyclic) bond motifs is 1. The molecule has 0 spiro atoms. The van der Waals surface area contributed by atoms with Crippen LogP contribution in [0.1, 0.15) is 24.1 Å². The Morgan fingerprint density at radius 2 is 1.85 bits per heavy atom. The van der Waals surface area contributed by atoms with Crippen molar-refractivity contribution < 1.29 is 19.0 Å². The molecule has 9 nitrogen and oxygen atoms in total. The lowest BCUT2D eigenvalue weighted by Crippen LogP contribution is -2.31. The predicted molar refractivity (Wildman–Crippen MR) is 153 cm³/mol. The highest BCUT2D eigenvalue weighted by Crippen LogP contribution is 2.43. The van der Waals surface area contributed by atoms with Gasteiger partial charge in [0.1, 0.15) is 24.7 Å². The fraction of sp³-hybridized carbons (Fsp3) is 0.179. The number of hydrogen-bond donors (Lipinski definition) is 2. The molecule has 2 heterocycles. The van der Waals surface area contributed by atoms with Gasteiger partial charge in [-0.3, -0.25) is 4.79 Å². The Hall–Kier alpha value is -4.02. The molecule has 0 saturated heterocycles. The van der Waals surface area contributed by atoms with Gasteiger partial charge >= 0.3 is 0 Å². The predicted octanol–water partition coefficient (Wildman–Crippen LogP) is 6.22. The zero-order valence-corrected chi connectivity index (χ0v) is 23.7. The van der Waals surface area contributed by atoms with E-state index in [0.717, 1.165) is 11.1 Å². The lowest BCUT2D eigenvalue weighted by Gasteiger charge is -2.29.